The second kappa shape index (κ2) is 6.03. The third-order valence-corrected chi connectivity index (χ3v) is 4.10. The molecule has 6 heteroatoms. The minimum Gasteiger partial charge on any atom is -0.368 e. The molecule has 0 bridgehead atoms. The minimum atomic E-state index is -0.372. The van der Waals surface area contributed by atoms with E-state index in [1.54, 1.807) is 23.1 Å². The monoisotopic (exact) mass is 308 g/mol. The number of amides is 2. The van der Waals surface area contributed by atoms with Crippen LogP contribution in [0.25, 0.3) is 0 Å². The van der Waals surface area contributed by atoms with Gasteiger partial charge in [-0.3, -0.25) is 9.59 Å². The third kappa shape index (κ3) is 3.04. The van der Waals surface area contributed by atoms with Crippen LogP contribution in [-0.4, -0.2) is 31.1 Å². The first-order valence-corrected chi connectivity index (χ1v) is 7.55. The van der Waals surface area contributed by atoms with Crippen molar-refractivity contribution in [3.63, 3.8) is 0 Å². The quantitative estimate of drug-likeness (QED) is 0.933. The summed E-state index contributed by atoms with van der Waals surface area (Å²) in [5.74, 6) is -0.0541. The van der Waals surface area contributed by atoms with Crippen LogP contribution in [0.4, 0.5) is 11.4 Å². The van der Waals surface area contributed by atoms with Crippen molar-refractivity contribution in [3.05, 3.63) is 23.2 Å². The molecule has 1 aromatic carbocycles. The summed E-state index contributed by atoms with van der Waals surface area (Å²) in [6, 6.07) is 5.21. The Hall–Kier alpha value is -1.59. The molecule has 2 fully saturated rings. The van der Waals surface area contributed by atoms with Crippen molar-refractivity contribution >= 4 is 34.8 Å². The van der Waals surface area contributed by atoms with Gasteiger partial charge in [-0.1, -0.05) is 11.6 Å². The van der Waals surface area contributed by atoms with Gasteiger partial charge < -0.3 is 15.0 Å². The molecule has 5 nitrogen and oxygen atoms in total. The van der Waals surface area contributed by atoms with Crippen LogP contribution in [0.2, 0.25) is 5.02 Å². The normalized spacial score (nSPS) is 21.9. The minimum absolute atomic E-state index is 0.0908. The fraction of sp³-hybridized carbons (Fsp3) is 0.467. The number of nitrogens with zero attached hydrogens (tertiary/aromatic N) is 1. The lowest BCUT2D eigenvalue weighted by atomic mass is 10.2. The van der Waals surface area contributed by atoms with Crippen molar-refractivity contribution in [3.8, 4) is 0 Å². The maximum atomic E-state index is 12.0. The van der Waals surface area contributed by atoms with Crippen LogP contribution in [-0.2, 0) is 14.3 Å². The molecule has 1 N–H and O–H groups in total. The van der Waals surface area contributed by atoms with Crippen LogP contribution in [0.15, 0.2) is 18.2 Å². The van der Waals surface area contributed by atoms with E-state index in [4.69, 9.17) is 16.3 Å². The number of halogens is 1. The third-order valence-electron chi connectivity index (χ3n) is 3.80. The number of ether oxygens (including phenoxy) is 1. The first kappa shape index (κ1) is 14.4. The standard InChI is InChI=1S/C15H17ClN2O3/c16-11-9-10(17-15(20)13-3-2-8-21-13)5-6-12(11)18-7-1-4-14(18)19/h5-6,9,13H,1-4,7-8H2,(H,17,20)/t13-/m0/s1. The first-order valence-electron chi connectivity index (χ1n) is 7.17. The molecule has 3 rings (SSSR count). The van der Waals surface area contributed by atoms with Crippen molar-refractivity contribution < 1.29 is 14.3 Å². The number of carbonyl (C=O) groups is 2. The summed E-state index contributed by atoms with van der Waals surface area (Å²) in [4.78, 5) is 25.4. The van der Waals surface area contributed by atoms with Crippen molar-refractivity contribution in [2.24, 2.45) is 0 Å². The number of nitrogens with one attached hydrogen (secondary N) is 1. The summed E-state index contributed by atoms with van der Waals surface area (Å²) in [5, 5.41) is 3.27. The Bertz CT molecular complexity index is 570. The highest BCUT2D eigenvalue weighted by molar-refractivity contribution is 6.34. The molecule has 2 aliphatic heterocycles. The summed E-state index contributed by atoms with van der Waals surface area (Å²) in [5.41, 5.74) is 1.32. The molecule has 0 spiro atoms. The van der Waals surface area contributed by atoms with Gasteiger partial charge in [-0.25, -0.2) is 0 Å². The molecule has 0 radical (unpaired) electrons. The molecule has 21 heavy (non-hydrogen) atoms. The fourth-order valence-electron chi connectivity index (χ4n) is 2.71. The second-order valence-electron chi connectivity index (χ2n) is 5.31. The lowest BCUT2D eigenvalue weighted by molar-refractivity contribution is -0.124. The van der Waals surface area contributed by atoms with E-state index in [2.05, 4.69) is 5.32 Å². The van der Waals surface area contributed by atoms with Gasteiger partial charge in [0.05, 0.1) is 10.7 Å². The summed E-state index contributed by atoms with van der Waals surface area (Å²) >= 11 is 6.24. The van der Waals surface area contributed by atoms with Crippen LogP contribution in [0.3, 0.4) is 0 Å². The number of hydrogen-bond donors (Lipinski definition) is 1. The van der Waals surface area contributed by atoms with Crippen molar-refractivity contribution in [1.82, 2.24) is 0 Å². The van der Waals surface area contributed by atoms with Gasteiger partial charge in [0.2, 0.25) is 5.91 Å². The van der Waals surface area contributed by atoms with Crippen molar-refractivity contribution in [2.75, 3.05) is 23.4 Å². The maximum Gasteiger partial charge on any atom is 0.253 e. The van der Waals surface area contributed by atoms with E-state index >= 15 is 0 Å². The Morgan fingerprint density at radius 1 is 1.38 bits per heavy atom. The maximum absolute atomic E-state index is 12.0. The number of hydrogen-bond acceptors (Lipinski definition) is 3. The highest BCUT2D eigenvalue weighted by Gasteiger charge is 2.25. The Morgan fingerprint density at radius 3 is 2.86 bits per heavy atom. The van der Waals surface area contributed by atoms with Gasteiger partial charge in [0.1, 0.15) is 6.10 Å². The molecule has 2 aliphatic rings. The van der Waals surface area contributed by atoms with E-state index in [1.165, 1.54) is 0 Å². The van der Waals surface area contributed by atoms with Gasteiger partial charge >= 0.3 is 0 Å². The topological polar surface area (TPSA) is 58.6 Å². The SMILES string of the molecule is O=C(Nc1ccc(N2CCCC2=O)c(Cl)c1)[C@@H]1CCCO1. The van der Waals surface area contributed by atoms with Gasteiger partial charge in [0, 0.05) is 25.3 Å². The van der Waals surface area contributed by atoms with E-state index in [0.29, 0.717) is 36.0 Å². The Balaban J connectivity index is 1.71. The second-order valence-corrected chi connectivity index (χ2v) is 5.71. The highest BCUT2D eigenvalue weighted by Crippen LogP contribution is 2.31. The molecule has 2 heterocycles. The van der Waals surface area contributed by atoms with Gasteiger partial charge in [0.15, 0.2) is 0 Å². The van der Waals surface area contributed by atoms with E-state index in [1.807, 2.05) is 0 Å². The molecule has 1 atom stereocenters. The van der Waals surface area contributed by atoms with Crippen molar-refractivity contribution in [1.29, 1.82) is 0 Å². The van der Waals surface area contributed by atoms with Gasteiger partial charge in [-0.05, 0) is 37.5 Å². The number of carbonyl (C=O) groups excluding carboxylic acids is 2. The van der Waals surface area contributed by atoms with Gasteiger partial charge in [-0.2, -0.15) is 0 Å². The Morgan fingerprint density at radius 2 is 2.24 bits per heavy atom. The lowest BCUT2D eigenvalue weighted by Crippen LogP contribution is -2.27. The van der Waals surface area contributed by atoms with Crippen LogP contribution in [0, 0.1) is 0 Å². The van der Waals surface area contributed by atoms with Crippen LogP contribution < -0.4 is 10.2 Å². The molecule has 0 saturated carbocycles. The molecule has 1 aromatic rings. The first-order chi connectivity index (χ1) is 10.1. The molecule has 0 unspecified atom stereocenters. The molecule has 112 valence electrons. The molecule has 2 amide bonds. The average molecular weight is 309 g/mol. The van der Waals surface area contributed by atoms with E-state index in [0.717, 1.165) is 19.3 Å². The summed E-state index contributed by atoms with van der Waals surface area (Å²) in [6.45, 7) is 1.33. The molecule has 0 aromatic heterocycles. The zero-order valence-corrected chi connectivity index (χ0v) is 12.4. The number of rotatable bonds is 3. The van der Waals surface area contributed by atoms with Crippen LogP contribution in [0.1, 0.15) is 25.7 Å². The van der Waals surface area contributed by atoms with E-state index in [-0.39, 0.29) is 17.9 Å². The van der Waals surface area contributed by atoms with Gasteiger partial charge in [0.25, 0.3) is 5.91 Å². The Kier molecular flexibility index (Phi) is 4.12. The predicted octanol–water partition coefficient (Wildman–Crippen LogP) is 2.58. The molecular weight excluding hydrogens is 292 g/mol. The molecule has 2 saturated heterocycles. The van der Waals surface area contributed by atoms with Crippen molar-refractivity contribution in [2.45, 2.75) is 31.8 Å². The van der Waals surface area contributed by atoms with Crippen LogP contribution >= 0.6 is 11.6 Å². The summed E-state index contributed by atoms with van der Waals surface area (Å²) < 4.78 is 5.34. The van der Waals surface area contributed by atoms with E-state index in [9.17, 15) is 9.59 Å². The molecular formula is C15H17ClN2O3. The fourth-order valence-corrected chi connectivity index (χ4v) is 3.00. The zero-order valence-electron chi connectivity index (χ0n) is 11.6. The van der Waals surface area contributed by atoms with E-state index < -0.39 is 0 Å². The zero-order chi connectivity index (χ0) is 14.8. The Labute approximate surface area is 128 Å². The predicted molar refractivity (Wildman–Crippen MR) is 80.6 cm³/mol. The van der Waals surface area contributed by atoms with Crippen LogP contribution in [0.5, 0.6) is 0 Å². The smallest absolute Gasteiger partial charge is 0.253 e. The summed E-state index contributed by atoms with van der Waals surface area (Å²) in [6.07, 6.45) is 2.71. The van der Waals surface area contributed by atoms with Gasteiger partial charge in [-0.15, -0.1) is 0 Å². The average Bonchev–Trinajstić information content (AvgIpc) is 3.10. The molecule has 0 aliphatic carbocycles. The number of benzene rings is 1. The largest absolute Gasteiger partial charge is 0.368 e. The highest BCUT2D eigenvalue weighted by atomic mass is 35.5. The lowest BCUT2D eigenvalue weighted by Gasteiger charge is -2.18. The summed E-state index contributed by atoms with van der Waals surface area (Å²) in [7, 11) is 0. The number of anilines is 2.